The summed E-state index contributed by atoms with van der Waals surface area (Å²) in [7, 11) is 4.87. The van der Waals surface area contributed by atoms with E-state index in [1.165, 1.54) is 139 Å². The van der Waals surface area contributed by atoms with Crippen LogP contribution in [0, 0.1) is 6.92 Å². The number of rotatable bonds is 23. The Labute approximate surface area is 208 Å². The summed E-state index contributed by atoms with van der Waals surface area (Å²) >= 11 is 0. The number of benzene rings is 1. The molecule has 0 saturated heterocycles. The van der Waals surface area contributed by atoms with Gasteiger partial charge in [-0.3, -0.25) is 0 Å². The summed E-state index contributed by atoms with van der Waals surface area (Å²) in [6, 6.07) is 8.39. The highest BCUT2D eigenvalue weighted by molar-refractivity contribution is 5.26. The van der Waals surface area contributed by atoms with Gasteiger partial charge in [0.25, 0.3) is 0 Å². The van der Waals surface area contributed by atoms with Crippen LogP contribution in [0.25, 0.3) is 0 Å². The van der Waals surface area contributed by atoms with Gasteiger partial charge in [-0.25, -0.2) is 0 Å². The first kappa shape index (κ1) is 30.0. The molecule has 1 aromatic rings. The molecule has 0 unspecified atom stereocenters. The Balaban J connectivity index is 1.82. The zero-order chi connectivity index (χ0) is 24.0. The molecule has 0 aliphatic rings. The van der Waals surface area contributed by atoms with Crippen LogP contribution in [0.5, 0.6) is 5.75 Å². The van der Waals surface area contributed by atoms with Crippen LogP contribution >= 0.6 is 0 Å². The van der Waals surface area contributed by atoms with E-state index in [1.807, 2.05) is 0 Å². The second-order valence-corrected chi connectivity index (χ2v) is 11.1. The standard InChI is InChI=1S/C31H58NO/c1-5-6-7-8-9-10-11-14-17-20-27-32(3,4)28-21-18-15-12-13-16-19-22-29-33-31-25-23-30(2)24-26-31/h23-26H,5-22,27-29H2,1-4H3/q+1. The molecule has 0 N–H and O–H groups in total. The molecule has 2 nitrogen and oxygen atoms in total. The Kier molecular flexibility index (Phi) is 18.5. The van der Waals surface area contributed by atoms with Crippen LogP contribution in [-0.4, -0.2) is 38.3 Å². The smallest absolute Gasteiger partial charge is 0.119 e. The lowest BCUT2D eigenvalue weighted by atomic mass is 10.1. The molecule has 0 aromatic heterocycles. The quantitative estimate of drug-likeness (QED) is 0.117. The lowest BCUT2D eigenvalue weighted by Crippen LogP contribution is -2.41. The van der Waals surface area contributed by atoms with Crippen molar-refractivity contribution in [3.8, 4) is 5.75 Å². The molecule has 0 bridgehead atoms. The predicted molar refractivity (Wildman–Crippen MR) is 147 cm³/mol. The van der Waals surface area contributed by atoms with Crippen molar-refractivity contribution in [3.05, 3.63) is 29.8 Å². The fourth-order valence-corrected chi connectivity index (χ4v) is 4.67. The number of unbranched alkanes of at least 4 members (excludes halogenated alkanes) is 16. The minimum atomic E-state index is 0.856. The number of ether oxygens (including phenoxy) is 1. The number of nitrogens with zero attached hydrogens (tertiary/aromatic N) is 1. The van der Waals surface area contributed by atoms with E-state index in [-0.39, 0.29) is 0 Å². The first-order chi connectivity index (χ1) is 16.0. The van der Waals surface area contributed by atoms with E-state index < -0.39 is 0 Å². The minimum absolute atomic E-state index is 0.856. The molecule has 0 saturated carbocycles. The summed E-state index contributed by atoms with van der Waals surface area (Å²) in [6.45, 7) is 7.99. The number of hydrogen-bond donors (Lipinski definition) is 0. The molecule has 0 amide bonds. The molecule has 192 valence electrons. The molecule has 1 aromatic carbocycles. The Hall–Kier alpha value is -1.02. The van der Waals surface area contributed by atoms with Crippen LogP contribution in [0.15, 0.2) is 24.3 Å². The molecule has 2 heteroatoms. The SMILES string of the molecule is CCCCCCCCCCCC[N+](C)(C)CCCCCCCCCCOc1ccc(C)cc1. The summed E-state index contributed by atoms with van der Waals surface area (Å²) < 4.78 is 7.04. The maximum absolute atomic E-state index is 5.82. The van der Waals surface area contributed by atoms with E-state index in [0.717, 1.165) is 12.4 Å². The highest BCUT2D eigenvalue weighted by Gasteiger charge is 2.13. The van der Waals surface area contributed by atoms with Crippen LogP contribution in [0.1, 0.15) is 128 Å². The normalized spacial score (nSPS) is 11.8. The van der Waals surface area contributed by atoms with E-state index >= 15 is 0 Å². The highest BCUT2D eigenvalue weighted by Crippen LogP contribution is 2.15. The summed E-state index contributed by atoms with van der Waals surface area (Å²) in [5.41, 5.74) is 1.29. The van der Waals surface area contributed by atoms with Crippen LogP contribution in [0.3, 0.4) is 0 Å². The first-order valence-corrected chi connectivity index (χ1v) is 14.5. The van der Waals surface area contributed by atoms with Crippen molar-refractivity contribution in [1.82, 2.24) is 0 Å². The van der Waals surface area contributed by atoms with Gasteiger partial charge in [0, 0.05) is 0 Å². The largest absolute Gasteiger partial charge is 0.494 e. The lowest BCUT2D eigenvalue weighted by molar-refractivity contribution is -0.890. The van der Waals surface area contributed by atoms with Gasteiger partial charge in [-0.2, -0.15) is 0 Å². The van der Waals surface area contributed by atoms with Crippen molar-refractivity contribution < 1.29 is 9.22 Å². The average Bonchev–Trinajstić information content (AvgIpc) is 2.80. The average molecular weight is 461 g/mol. The summed E-state index contributed by atoms with van der Waals surface area (Å²) in [6.07, 6.45) is 25.2. The van der Waals surface area contributed by atoms with E-state index in [2.05, 4.69) is 52.2 Å². The summed E-state index contributed by atoms with van der Waals surface area (Å²) in [4.78, 5) is 0. The van der Waals surface area contributed by atoms with Crippen molar-refractivity contribution in [3.63, 3.8) is 0 Å². The molecule has 1 rings (SSSR count). The number of aryl methyl sites for hydroxylation is 1. The Bertz CT molecular complexity index is 536. The maximum Gasteiger partial charge on any atom is 0.119 e. The molecule has 0 heterocycles. The van der Waals surface area contributed by atoms with Gasteiger partial charge in [-0.05, 0) is 51.2 Å². The fraction of sp³-hybridized carbons (Fsp3) is 0.806. The van der Waals surface area contributed by atoms with E-state index in [1.54, 1.807) is 0 Å². The fourth-order valence-electron chi connectivity index (χ4n) is 4.67. The van der Waals surface area contributed by atoms with Crippen molar-refractivity contribution in [1.29, 1.82) is 0 Å². The van der Waals surface area contributed by atoms with Gasteiger partial charge in [-0.15, -0.1) is 0 Å². The molecule has 33 heavy (non-hydrogen) atoms. The zero-order valence-electron chi connectivity index (χ0n) is 23.0. The van der Waals surface area contributed by atoms with Gasteiger partial charge < -0.3 is 9.22 Å². The lowest BCUT2D eigenvalue weighted by Gasteiger charge is -2.30. The molecule has 0 atom stereocenters. The third-order valence-electron chi connectivity index (χ3n) is 7.06. The molecular formula is C31H58NO+. The van der Waals surface area contributed by atoms with E-state index in [9.17, 15) is 0 Å². The van der Waals surface area contributed by atoms with Gasteiger partial charge in [0.1, 0.15) is 5.75 Å². The van der Waals surface area contributed by atoms with Crippen molar-refractivity contribution in [2.75, 3.05) is 33.8 Å². The Morgan fingerprint density at radius 1 is 0.545 bits per heavy atom. The monoisotopic (exact) mass is 460 g/mol. The van der Waals surface area contributed by atoms with Crippen LogP contribution in [0.4, 0.5) is 0 Å². The summed E-state index contributed by atoms with van der Waals surface area (Å²) in [5, 5.41) is 0. The van der Waals surface area contributed by atoms with Crippen LogP contribution in [-0.2, 0) is 0 Å². The molecular weight excluding hydrogens is 402 g/mol. The van der Waals surface area contributed by atoms with Crippen LogP contribution in [0.2, 0.25) is 0 Å². The topological polar surface area (TPSA) is 9.23 Å². The molecule has 0 aliphatic heterocycles. The van der Waals surface area contributed by atoms with E-state index in [4.69, 9.17) is 4.74 Å². The van der Waals surface area contributed by atoms with Crippen molar-refractivity contribution in [2.24, 2.45) is 0 Å². The Morgan fingerprint density at radius 3 is 1.39 bits per heavy atom. The third-order valence-corrected chi connectivity index (χ3v) is 7.06. The second-order valence-electron chi connectivity index (χ2n) is 11.1. The van der Waals surface area contributed by atoms with Crippen molar-refractivity contribution >= 4 is 0 Å². The molecule has 0 fully saturated rings. The van der Waals surface area contributed by atoms with Gasteiger partial charge >= 0.3 is 0 Å². The molecule has 0 aliphatic carbocycles. The van der Waals surface area contributed by atoms with Gasteiger partial charge in [0.2, 0.25) is 0 Å². The van der Waals surface area contributed by atoms with Gasteiger partial charge in [0.05, 0.1) is 33.8 Å². The highest BCUT2D eigenvalue weighted by atomic mass is 16.5. The van der Waals surface area contributed by atoms with Crippen LogP contribution < -0.4 is 4.74 Å². The maximum atomic E-state index is 5.82. The number of quaternary nitrogens is 1. The third kappa shape index (κ3) is 19.0. The van der Waals surface area contributed by atoms with E-state index in [0.29, 0.717) is 0 Å². The van der Waals surface area contributed by atoms with Gasteiger partial charge in [0.15, 0.2) is 0 Å². The predicted octanol–water partition coefficient (Wildman–Crippen LogP) is 9.49. The Morgan fingerprint density at radius 2 is 0.939 bits per heavy atom. The molecule has 0 radical (unpaired) electrons. The van der Waals surface area contributed by atoms with Crippen molar-refractivity contribution in [2.45, 2.75) is 129 Å². The second kappa shape index (κ2) is 20.4. The zero-order valence-corrected chi connectivity index (χ0v) is 23.0. The minimum Gasteiger partial charge on any atom is -0.494 e. The summed E-state index contributed by atoms with van der Waals surface area (Å²) in [5.74, 6) is 1.01. The number of hydrogen-bond acceptors (Lipinski definition) is 1. The first-order valence-electron chi connectivity index (χ1n) is 14.5. The van der Waals surface area contributed by atoms with Gasteiger partial charge in [-0.1, -0.05) is 108 Å². The molecule has 0 spiro atoms.